The standard InChI is InChI=1S/C16H13N3/c17-9-10-5-6-12-13-8-11-3-1-2-4-14(11)18-16(13)19-15(12)7-10/h1-7,13,16,18-19H,8H2. The number of nitrogens with zero attached hydrogens (tertiary/aromatic N) is 1. The lowest BCUT2D eigenvalue weighted by molar-refractivity contribution is 0.618. The summed E-state index contributed by atoms with van der Waals surface area (Å²) in [6.07, 6.45) is 1.28. The van der Waals surface area contributed by atoms with Gasteiger partial charge in [0.05, 0.1) is 11.6 Å². The molecule has 2 unspecified atom stereocenters. The predicted molar refractivity (Wildman–Crippen MR) is 75.1 cm³/mol. The summed E-state index contributed by atoms with van der Waals surface area (Å²) in [5.74, 6) is 0.442. The average molecular weight is 247 g/mol. The Kier molecular flexibility index (Phi) is 2.07. The first kappa shape index (κ1) is 10.5. The van der Waals surface area contributed by atoms with E-state index in [0.29, 0.717) is 11.5 Å². The summed E-state index contributed by atoms with van der Waals surface area (Å²) in [4.78, 5) is 0. The van der Waals surface area contributed by atoms with Crippen molar-refractivity contribution in [2.45, 2.75) is 18.5 Å². The van der Waals surface area contributed by atoms with Gasteiger partial charge in [-0.25, -0.2) is 0 Å². The molecule has 0 saturated heterocycles. The molecule has 2 heterocycles. The Morgan fingerprint density at radius 2 is 1.89 bits per heavy atom. The van der Waals surface area contributed by atoms with Gasteiger partial charge < -0.3 is 10.6 Å². The third kappa shape index (κ3) is 1.50. The Bertz CT molecular complexity index is 699. The zero-order chi connectivity index (χ0) is 12.8. The summed E-state index contributed by atoms with van der Waals surface area (Å²) >= 11 is 0. The number of fused-ring (bicyclic) bond motifs is 4. The van der Waals surface area contributed by atoms with Crippen molar-refractivity contribution in [3.63, 3.8) is 0 Å². The molecule has 19 heavy (non-hydrogen) atoms. The molecule has 2 aromatic rings. The first-order chi connectivity index (χ1) is 9.35. The fourth-order valence-corrected chi connectivity index (χ4v) is 3.13. The zero-order valence-corrected chi connectivity index (χ0v) is 10.4. The van der Waals surface area contributed by atoms with E-state index in [2.05, 4.69) is 47.0 Å². The van der Waals surface area contributed by atoms with Crippen LogP contribution in [0.1, 0.15) is 22.6 Å². The molecule has 3 heteroatoms. The molecule has 4 rings (SSSR count). The van der Waals surface area contributed by atoms with E-state index in [-0.39, 0.29) is 6.17 Å². The van der Waals surface area contributed by atoms with Crippen LogP contribution in [0.3, 0.4) is 0 Å². The number of nitriles is 1. The molecule has 2 atom stereocenters. The number of rotatable bonds is 0. The van der Waals surface area contributed by atoms with Gasteiger partial charge in [0, 0.05) is 17.3 Å². The van der Waals surface area contributed by atoms with Crippen molar-refractivity contribution in [3.8, 4) is 6.07 Å². The van der Waals surface area contributed by atoms with Gasteiger partial charge in [0.1, 0.15) is 6.17 Å². The number of anilines is 2. The lowest BCUT2D eigenvalue weighted by Crippen LogP contribution is -2.34. The van der Waals surface area contributed by atoms with Gasteiger partial charge >= 0.3 is 0 Å². The first-order valence-electron chi connectivity index (χ1n) is 6.50. The number of nitrogens with one attached hydrogen (secondary N) is 2. The highest BCUT2D eigenvalue weighted by molar-refractivity contribution is 5.68. The third-order valence-electron chi connectivity index (χ3n) is 4.06. The van der Waals surface area contributed by atoms with E-state index in [0.717, 1.165) is 12.1 Å². The van der Waals surface area contributed by atoms with Gasteiger partial charge in [0.2, 0.25) is 0 Å². The summed E-state index contributed by atoms with van der Waals surface area (Å²) in [5.41, 5.74) is 5.69. The van der Waals surface area contributed by atoms with Crippen molar-refractivity contribution >= 4 is 11.4 Å². The minimum atomic E-state index is 0.235. The van der Waals surface area contributed by atoms with Crippen LogP contribution < -0.4 is 10.6 Å². The lowest BCUT2D eigenvalue weighted by atomic mass is 9.87. The van der Waals surface area contributed by atoms with E-state index in [9.17, 15) is 0 Å². The SMILES string of the molecule is N#Cc1ccc2c(c1)NC1Nc3ccccc3CC21. The van der Waals surface area contributed by atoms with Crippen molar-refractivity contribution in [1.82, 2.24) is 0 Å². The van der Waals surface area contributed by atoms with E-state index in [1.165, 1.54) is 16.8 Å². The second kappa shape index (κ2) is 3.76. The molecule has 0 spiro atoms. The highest BCUT2D eigenvalue weighted by atomic mass is 15.2. The predicted octanol–water partition coefficient (Wildman–Crippen LogP) is 3.06. The van der Waals surface area contributed by atoms with Crippen LogP contribution in [0.15, 0.2) is 42.5 Å². The minimum absolute atomic E-state index is 0.235. The fraction of sp³-hybridized carbons (Fsp3) is 0.188. The largest absolute Gasteiger partial charge is 0.365 e. The first-order valence-corrected chi connectivity index (χ1v) is 6.50. The van der Waals surface area contributed by atoms with E-state index >= 15 is 0 Å². The molecule has 0 fully saturated rings. The summed E-state index contributed by atoms with van der Waals surface area (Å²) in [6, 6.07) is 16.6. The van der Waals surface area contributed by atoms with Crippen LogP contribution >= 0.6 is 0 Å². The molecule has 0 saturated carbocycles. The second-order valence-corrected chi connectivity index (χ2v) is 5.15. The van der Waals surface area contributed by atoms with Gasteiger partial charge in [-0.1, -0.05) is 24.3 Å². The van der Waals surface area contributed by atoms with Gasteiger partial charge in [-0.05, 0) is 35.7 Å². The maximum absolute atomic E-state index is 8.98. The third-order valence-corrected chi connectivity index (χ3v) is 4.06. The Labute approximate surface area is 111 Å². The van der Waals surface area contributed by atoms with E-state index in [1.54, 1.807) is 0 Å². The molecule has 0 aliphatic carbocycles. The quantitative estimate of drug-likeness (QED) is 0.752. The molecular formula is C16H13N3. The van der Waals surface area contributed by atoms with Crippen LogP contribution in [0.2, 0.25) is 0 Å². The summed E-state index contributed by atoms with van der Waals surface area (Å²) in [6.45, 7) is 0. The van der Waals surface area contributed by atoms with E-state index in [4.69, 9.17) is 5.26 Å². The van der Waals surface area contributed by atoms with Gasteiger partial charge in [-0.3, -0.25) is 0 Å². The average Bonchev–Trinajstić information content (AvgIpc) is 2.81. The van der Waals surface area contributed by atoms with Crippen molar-refractivity contribution in [3.05, 3.63) is 59.2 Å². The highest BCUT2D eigenvalue weighted by Crippen LogP contribution is 2.42. The Morgan fingerprint density at radius 1 is 1.05 bits per heavy atom. The minimum Gasteiger partial charge on any atom is -0.365 e. The summed E-state index contributed by atoms with van der Waals surface area (Å²) in [5, 5.41) is 16.0. The van der Waals surface area contributed by atoms with Crippen LogP contribution in [-0.4, -0.2) is 6.17 Å². The molecule has 92 valence electrons. The zero-order valence-electron chi connectivity index (χ0n) is 10.4. The molecule has 2 aliphatic rings. The van der Waals surface area contributed by atoms with Crippen molar-refractivity contribution in [2.75, 3.05) is 10.6 Å². The maximum Gasteiger partial charge on any atom is 0.104 e. The molecule has 0 bridgehead atoms. The monoisotopic (exact) mass is 247 g/mol. The lowest BCUT2D eigenvalue weighted by Gasteiger charge is -2.30. The molecule has 3 nitrogen and oxygen atoms in total. The Hall–Kier alpha value is -2.47. The summed E-state index contributed by atoms with van der Waals surface area (Å²) < 4.78 is 0. The van der Waals surface area contributed by atoms with Crippen LogP contribution in [0.4, 0.5) is 11.4 Å². The Morgan fingerprint density at radius 3 is 2.79 bits per heavy atom. The smallest absolute Gasteiger partial charge is 0.104 e. The number of para-hydroxylation sites is 1. The highest BCUT2D eigenvalue weighted by Gasteiger charge is 2.35. The van der Waals surface area contributed by atoms with Crippen LogP contribution in [-0.2, 0) is 6.42 Å². The van der Waals surface area contributed by atoms with E-state index in [1.807, 2.05) is 12.1 Å². The molecule has 2 aromatic carbocycles. The maximum atomic E-state index is 8.98. The number of benzene rings is 2. The van der Waals surface area contributed by atoms with Crippen molar-refractivity contribution < 1.29 is 0 Å². The molecule has 0 radical (unpaired) electrons. The molecule has 2 aliphatic heterocycles. The Balaban J connectivity index is 1.76. The van der Waals surface area contributed by atoms with Crippen LogP contribution in [0.25, 0.3) is 0 Å². The molecular weight excluding hydrogens is 234 g/mol. The summed E-state index contributed by atoms with van der Waals surface area (Å²) in [7, 11) is 0. The molecule has 0 amide bonds. The van der Waals surface area contributed by atoms with Gasteiger partial charge in [0.25, 0.3) is 0 Å². The van der Waals surface area contributed by atoms with Crippen LogP contribution in [0, 0.1) is 11.3 Å². The fourth-order valence-electron chi connectivity index (χ4n) is 3.13. The van der Waals surface area contributed by atoms with Gasteiger partial charge in [-0.2, -0.15) is 5.26 Å². The van der Waals surface area contributed by atoms with Crippen molar-refractivity contribution in [2.24, 2.45) is 0 Å². The molecule has 2 N–H and O–H groups in total. The van der Waals surface area contributed by atoms with Gasteiger partial charge in [-0.15, -0.1) is 0 Å². The number of hydrogen-bond acceptors (Lipinski definition) is 3. The topological polar surface area (TPSA) is 47.9 Å². The van der Waals surface area contributed by atoms with Crippen LogP contribution in [0.5, 0.6) is 0 Å². The van der Waals surface area contributed by atoms with Crippen molar-refractivity contribution in [1.29, 1.82) is 5.26 Å². The number of hydrogen-bond donors (Lipinski definition) is 2. The normalized spacial score (nSPS) is 22.3. The van der Waals surface area contributed by atoms with Gasteiger partial charge in [0.15, 0.2) is 0 Å². The molecule has 0 aromatic heterocycles. The van der Waals surface area contributed by atoms with E-state index < -0.39 is 0 Å². The second-order valence-electron chi connectivity index (χ2n) is 5.15.